The molecule has 4 fully saturated rings. The van der Waals surface area contributed by atoms with E-state index in [1.807, 2.05) is 13.8 Å². The van der Waals surface area contributed by atoms with Gasteiger partial charge in [-0.2, -0.15) is 0 Å². The van der Waals surface area contributed by atoms with Gasteiger partial charge in [-0.1, -0.05) is 66.2 Å². The molecular weight excluding hydrogens is 720 g/mol. The maximum Gasteiger partial charge on any atom is 0.325 e. The summed E-state index contributed by atoms with van der Waals surface area (Å²) in [5, 5.41) is 16.9. The topological polar surface area (TPSA) is 230 Å². The molecule has 0 bridgehead atoms. The van der Waals surface area contributed by atoms with Gasteiger partial charge in [0.2, 0.25) is 35.4 Å². The minimum Gasteiger partial charge on any atom is -0.460 e. The number of carbonyl (C=O) groups is 7. The van der Waals surface area contributed by atoms with Crippen molar-refractivity contribution in [1.29, 1.82) is 0 Å². The fourth-order valence-electron chi connectivity index (χ4n) is 8.57. The van der Waals surface area contributed by atoms with Crippen LogP contribution in [-0.2, 0) is 38.3 Å². The molecule has 0 radical (unpaired) electrons. The second kappa shape index (κ2) is 21.1. The number of nitrogens with two attached hydrogens (primary N) is 1. The quantitative estimate of drug-likeness (QED) is 0.108. The predicted molar refractivity (Wildman–Crippen MR) is 209 cm³/mol. The summed E-state index contributed by atoms with van der Waals surface area (Å²) in [7, 11) is 1.56. The maximum absolute atomic E-state index is 14.2. The van der Waals surface area contributed by atoms with Gasteiger partial charge >= 0.3 is 5.97 Å². The third kappa shape index (κ3) is 12.1. The molecule has 16 heteroatoms. The van der Waals surface area contributed by atoms with Gasteiger partial charge in [0.15, 0.2) is 0 Å². The SMILES string of the molecule is CCCCCC[C@H]1OC(=O)CNC(=O)[C@H](CNC(=O)C2CC3(CNC3)C2)NC(=O)[C@H](CN)NC(=O)[C@H](C2CCCCC2)NC(=O)[C@H](CC(C)C)N(C)C(=O)[C@@H]1C. The third-order valence-electron chi connectivity index (χ3n) is 12.2. The Bertz CT molecular complexity index is 1390. The van der Waals surface area contributed by atoms with Crippen molar-refractivity contribution in [3.8, 4) is 0 Å². The minimum absolute atomic E-state index is 0.0135. The Labute approximate surface area is 332 Å². The summed E-state index contributed by atoms with van der Waals surface area (Å²) >= 11 is 0. The Morgan fingerprint density at radius 2 is 1.59 bits per heavy atom. The summed E-state index contributed by atoms with van der Waals surface area (Å²) in [5.74, 6) is -5.25. The van der Waals surface area contributed by atoms with E-state index < -0.39 is 72.3 Å². The number of amides is 6. The lowest BCUT2D eigenvalue weighted by molar-refractivity contribution is -0.157. The number of rotatable bonds is 12. The van der Waals surface area contributed by atoms with E-state index in [0.717, 1.165) is 64.5 Å². The van der Waals surface area contributed by atoms with Crippen molar-refractivity contribution in [3.05, 3.63) is 0 Å². The molecule has 2 saturated carbocycles. The number of hydrogen-bond acceptors (Lipinski definition) is 10. The normalized spacial score (nSPS) is 29.1. The van der Waals surface area contributed by atoms with Crippen LogP contribution in [0.15, 0.2) is 0 Å². The lowest BCUT2D eigenvalue weighted by atomic mass is 9.58. The smallest absolute Gasteiger partial charge is 0.325 e. The zero-order valence-corrected chi connectivity index (χ0v) is 34.2. The Morgan fingerprint density at radius 3 is 2.20 bits per heavy atom. The molecule has 56 heavy (non-hydrogen) atoms. The molecule has 316 valence electrons. The van der Waals surface area contributed by atoms with Crippen LogP contribution in [0, 0.1) is 29.1 Å². The molecule has 2 aliphatic heterocycles. The van der Waals surface area contributed by atoms with Crippen LogP contribution in [0.5, 0.6) is 0 Å². The monoisotopic (exact) mass is 789 g/mol. The van der Waals surface area contributed by atoms with E-state index in [9.17, 15) is 33.6 Å². The van der Waals surface area contributed by atoms with Gasteiger partial charge in [0.25, 0.3) is 0 Å². The molecule has 2 heterocycles. The molecule has 4 aliphatic rings. The number of ether oxygens (including phenoxy) is 1. The number of nitrogens with one attached hydrogen (secondary N) is 6. The standard InChI is InChI=1S/C40H68N8O8/c1-6-7-8-12-15-31-25(4)39(55)48(5)30(16-24(2)3)37(53)47-33(26-13-10-9-11-14-26)38(54)45-28(19-41)36(52)46-29(35(51)44-21-32(49)56-31)20-43-34(50)27-17-40(18-27)22-42-23-40/h24-31,33,42H,6-23,41H2,1-5H3,(H,43,50)(H,44,51)(H,45,54)(H,46,52)(H,47,53)/t25-,28+,29+,30+,31-,33+/m1/s1. The fraction of sp³-hybridized carbons (Fsp3) is 0.825. The van der Waals surface area contributed by atoms with Crippen LogP contribution in [0.3, 0.4) is 0 Å². The Balaban J connectivity index is 1.63. The zero-order valence-electron chi connectivity index (χ0n) is 34.2. The number of hydrogen-bond donors (Lipinski definition) is 7. The number of cyclic esters (lactones) is 1. The Hall–Kier alpha value is -3.79. The van der Waals surface area contributed by atoms with Crippen molar-refractivity contribution in [3.63, 3.8) is 0 Å². The van der Waals surface area contributed by atoms with Crippen molar-refractivity contribution in [2.24, 2.45) is 34.8 Å². The number of likely N-dealkylation sites (N-methyl/N-ethyl adjacent to an activating group) is 1. The van der Waals surface area contributed by atoms with Gasteiger partial charge in [-0.05, 0) is 62.2 Å². The summed E-state index contributed by atoms with van der Waals surface area (Å²) in [6.45, 7) is 8.23. The van der Waals surface area contributed by atoms with E-state index in [4.69, 9.17) is 10.5 Å². The lowest BCUT2D eigenvalue weighted by Crippen LogP contribution is -2.63. The van der Waals surface area contributed by atoms with Gasteiger partial charge in [-0.3, -0.25) is 33.6 Å². The van der Waals surface area contributed by atoms with E-state index in [2.05, 4.69) is 38.8 Å². The molecule has 8 N–H and O–H groups in total. The molecular formula is C40H68N8O8. The summed E-state index contributed by atoms with van der Waals surface area (Å²) in [6, 6.07) is -4.55. The van der Waals surface area contributed by atoms with Gasteiger partial charge in [-0.15, -0.1) is 0 Å². The van der Waals surface area contributed by atoms with Gasteiger partial charge in [0.05, 0.1) is 5.92 Å². The molecule has 2 aliphatic carbocycles. The van der Waals surface area contributed by atoms with Gasteiger partial charge in [0, 0.05) is 39.1 Å². The van der Waals surface area contributed by atoms with Gasteiger partial charge in [0.1, 0.15) is 36.8 Å². The maximum atomic E-state index is 14.2. The second-order valence-electron chi connectivity index (χ2n) is 17.2. The molecule has 2 saturated heterocycles. The minimum atomic E-state index is -1.32. The van der Waals surface area contributed by atoms with Crippen LogP contribution < -0.4 is 37.6 Å². The van der Waals surface area contributed by atoms with Crippen molar-refractivity contribution < 1.29 is 38.3 Å². The molecule has 0 aromatic heterocycles. The van der Waals surface area contributed by atoms with E-state index in [1.165, 1.54) is 4.90 Å². The molecule has 6 atom stereocenters. The first-order valence-corrected chi connectivity index (χ1v) is 21.0. The summed E-state index contributed by atoms with van der Waals surface area (Å²) in [4.78, 5) is 97.5. The highest BCUT2D eigenvalue weighted by atomic mass is 16.5. The van der Waals surface area contributed by atoms with E-state index in [-0.39, 0.29) is 48.1 Å². The predicted octanol–water partition coefficient (Wildman–Crippen LogP) is 0.617. The number of nitrogens with zero attached hydrogens (tertiary/aromatic N) is 1. The van der Waals surface area contributed by atoms with Crippen LogP contribution in [0.2, 0.25) is 0 Å². The largest absolute Gasteiger partial charge is 0.460 e. The Morgan fingerprint density at radius 1 is 0.911 bits per heavy atom. The van der Waals surface area contributed by atoms with Crippen LogP contribution >= 0.6 is 0 Å². The highest BCUT2D eigenvalue weighted by molar-refractivity contribution is 5.96. The first kappa shape index (κ1) is 44.9. The summed E-state index contributed by atoms with van der Waals surface area (Å²) in [6.07, 6.45) is 8.98. The molecule has 6 amide bonds. The number of unbranched alkanes of at least 4 members (excludes halogenated alkanes) is 3. The fourth-order valence-corrected chi connectivity index (χ4v) is 8.57. The zero-order chi connectivity index (χ0) is 41.0. The van der Waals surface area contributed by atoms with Crippen LogP contribution in [0.25, 0.3) is 0 Å². The highest BCUT2D eigenvalue weighted by Gasteiger charge is 2.51. The number of esters is 1. The summed E-state index contributed by atoms with van der Waals surface area (Å²) < 4.78 is 5.87. The molecule has 4 rings (SSSR count). The molecule has 0 unspecified atom stereocenters. The first-order chi connectivity index (χ1) is 26.7. The van der Waals surface area contributed by atoms with E-state index in [0.29, 0.717) is 32.1 Å². The molecule has 0 aromatic rings. The van der Waals surface area contributed by atoms with Crippen LogP contribution in [-0.4, -0.2) is 116 Å². The van der Waals surface area contributed by atoms with Crippen LogP contribution in [0.1, 0.15) is 111 Å². The third-order valence-corrected chi connectivity index (χ3v) is 12.2. The van der Waals surface area contributed by atoms with Gasteiger partial charge < -0.3 is 47.3 Å². The average Bonchev–Trinajstić information content (AvgIpc) is 3.14. The molecule has 1 spiro atoms. The van der Waals surface area contributed by atoms with Crippen molar-refractivity contribution in [2.75, 3.05) is 39.8 Å². The first-order valence-electron chi connectivity index (χ1n) is 21.0. The van der Waals surface area contributed by atoms with E-state index in [1.54, 1.807) is 14.0 Å². The van der Waals surface area contributed by atoms with Crippen molar-refractivity contribution in [1.82, 2.24) is 36.8 Å². The van der Waals surface area contributed by atoms with E-state index >= 15 is 0 Å². The second-order valence-corrected chi connectivity index (χ2v) is 17.2. The van der Waals surface area contributed by atoms with Gasteiger partial charge in [-0.25, -0.2) is 0 Å². The molecule has 0 aromatic carbocycles. The lowest BCUT2D eigenvalue weighted by Gasteiger charge is -2.53. The van der Waals surface area contributed by atoms with Crippen LogP contribution in [0.4, 0.5) is 0 Å². The molecule has 16 nitrogen and oxygen atoms in total. The Kier molecular flexibility index (Phi) is 16.9. The highest BCUT2D eigenvalue weighted by Crippen LogP contribution is 2.48. The van der Waals surface area contributed by atoms with Crippen molar-refractivity contribution in [2.45, 2.75) is 141 Å². The van der Waals surface area contributed by atoms with Crippen molar-refractivity contribution >= 4 is 41.4 Å². The average molecular weight is 789 g/mol. The summed E-state index contributed by atoms with van der Waals surface area (Å²) in [5.41, 5.74) is 6.17. The number of carbonyl (C=O) groups excluding carboxylic acids is 7.